The van der Waals surface area contributed by atoms with E-state index in [4.69, 9.17) is 5.11 Å². The van der Waals surface area contributed by atoms with E-state index in [1.54, 1.807) is 0 Å². The van der Waals surface area contributed by atoms with E-state index in [2.05, 4.69) is 0 Å². The van der Waals surface area contributed by atoms with E-state index in [1.807, 2.05) is 0 Å². The minimum absolute atomic E-state index is 0.0342. The maximum Gasteiger partial charge on any atom is 0.306 e. The third-order valence-electron chi connectivity index (χ3n) is 6.97. The van der Waals surface area contributed by atoms with Gasteiger partial charge in [-0.2, -0.15) is 0 Å². The van der Waals surface area contributed by atoms with Crippen LogP contribution < -0.4 is 0 Å². The van der Waals surface area contributed by atoms with E-state index in [9.17, 15) is 4.79 Å². The predicted molar refractivity (Wildman–Crippen MR) is 73.6 cm³/mol. The van der Waals surface area contributed by atoms with Crippen molar-refractivity contribution in [1.82, 2.24) is 0 Å². The Labute approximate surface area is 116 Å². The summed E-state index contributed by atoms with van der Waals surface area (Å²) in [5, 5.41) is 9.14. The summed E-state index contributed by atoms with van der Waals surface area (Å²) in [6.45, 7) is 0. The second kappa shape index (κ2) is 4.49. The minimum atomic E-state index is -0.552. The minimum Gasteiger partial charge on any atom is -0.481 e. The number of hydrogen-bond donors (Lipinski definition) is 1. The molecule has 4 bridgehead atoms. The molecule has 106 valence electrons. The molecule has 0 aliphatic heterocycles. The van der Waals surface area contributed by atoms with E-state index in [-0.39, 0.29) is 5.92 Å². The quantitative estimate of drug-likeness (QED) is 0.818. The van der Waals surface area contributed by atoms with Crippen LogP contribution in [0.1, 0.15) is 57.8 Å². The largest absolute Gasteiger partial charge is 0.481 e. The summed E-state index contributed by atoms with van der Waals surface area (Å²) < 4.78 is 0. The second-order valence-corrected chi connectivity index (χ2v) is 7.96. The molecular weight excluding hydrogens is 236 g/mol. The fraction of sp³-hybridized carbons (Fsp3) is 0.941. The predicted octanol–water partition coefficient (Wildman–Crippen LogP) is 3.95. The zero-order valence-electron chi connectivity index (χ0n) is 11.8. The molecule has 19 heavy (non-hydrogen) atoms. The van der Waals surface area contributed by atoms with Gasteiger partial charge >= 0.3 is 5.97 Å². The van der Waals surface area contributed by atoms with Crippen LogP contribution in [0.15, 0.2) is 0 Å². The second-order valence-electron chi connectivity index (χ2n) is 7.96. The van der Waals surface area contributed by atoms with Gasteiger partial charge in [-0.3, -0.25) is 4.79 Å². The average molecular weight is 262 g/mol. The van der Waals surface area contributed by atoms with Gasteiger partial charge in [0.15, 0.2) is 0 Å². The van der Waals surface area contributed by atoms with Crippen molar-refractivity contribution in [3.63, 3.8) is 0 Å². The smallest absolute Gasteiger partial charge is 0.306 e. The van der Waals surface area contributed by atoms with Crippen LogP contribution in [0.2, 0.25) is 0 Å². The highest BCUT2D eigenvalue weighted by molar-refractivity contribution is 5.69. The van der Waals surface area contributed by atoms with Crippen LogP contribution in [-0.4, -0.2) is 11.1 Å². The summed E-state index contributed by atoms with van der Waals surface area (Å²) in [5.41, 5.74) is 0. The Bertz CT molecular complexity index is 339. The van der Waals surface area contributed by atoms with Crippen LogP contribution >= 0.6 is 0 Å². The highest BCUT2D eigenvalue weighted by Crippen LogP contribution is 2.59. The monoisotopic (exact) mass is 262 g/mol. The number of carboxylic acids is 1. The van der Waals surface area contributed by atoms with Crippen LogP contribution in [0.4, 0.5) is 0 Å². The fourth-order valence-electron chi connectivity index (χ4n) is 6.49. The summed E-state index contributed by atoms with van der Waals surface area (Å²) in [4.78, 5) is 11.1. The maximum absolute atomic E-state index is 11.1. The highest BCUT2D eigenvalue weighted by atomic mass is 16.4. The first-order chi connectivity index (χ1) is 9.20. The van der Waals surface area contributed by atoms with Gasteiger partial charge in [-0.1, -0.05) is 0 Å². The molecule has 0 unspecified atom stereocenters. The summed E-state index contributed by atoms with van der Waals surface area (Å²) in [7, 11) is 0. The van der Waals surface area contributed by atoms with Gasteiger partial charge < -0.3 is 5.11 Å². The molecule has 0 saturated heterocycles. The molecule has 0 heterocycles. The molecule has 0 aromatic heterocycles. The van der Waals surface area contributed by atoms with Gasteiger partial charge in [0.2, 0.25) is 0 Å². The van der Waals surface area contributed by atoms with Crippen molar-refractivity contribution in [2.45, 2.75) is 57.8 Å². The maximum atomic E-state index is 11.1. The van der Waals surface area contributed by atoms with Gasteiger partial charge in [0, 0.05) is 0 Å². The van der Waals surface area contributed by atoms with Crippen LogP contribution in [0.25, 0.3) is 0 Å². The zero-order chi connectivity index (χ0) is 13.0. The van der Waals surface area contributed by atoms with E-state index in [0.29, 0.717) is 0 Å². The molecule has 0 radical (unpaired) electrons. The Kier molecular flexibility index (Phi) is 2.89. The lowest BCUT2D eigenvalue weighted by Gasteiger charge is -2.57. The van der Waals surface area contributed by atoms with Crippen LogP contribution in [0, 0.1) is 41.4 Å². The number of aliphatic carboxylic acids is 1. The van der Waals surface area contributed by atoms with Gasteiger partial charge in [0.25, 0.3) is 0 Å². The van der Waals surface area contributed by atoms with Gasteiger partial charge in [-0.15, -0.1) is 0 Å². The molecule has 2 nitrogen and oxygen atoms in total. The Morgan fingerprint density at radius 3 is 1.74 bits per heavy atom. The Hall–Kier alpha value is -0.530. The molecule has 0 aromatic rings. The molecule has 2 heteroatoms. The molecule has 5 fully saturated rings. The van der Waals surface area contributed by atoms with Crippen LogP contribution in [0.5, 0.6) is 0 Å². The molecule has 0 atom stereocenters. The average Bonchev–Trinajstić information content (AvgIpc) is 2.38. The molecule has 5 saturated carbocycles. The van der Waals surface area contributed by atoms with E-state index >= 15 is 0 Å². The first kappa shape index (κ1) is 12.2. The molecule has 5 aliphatic carbocycles. The number of carbonyl (C=O) groups is 1. The number of hydrogen-bond acceptors (Lipinski definition) is 1. The van der Waals surface area contributed by atoms with Gasteiger partial charge in [-0.05, 0) is 93.3 Å². The van der Waals surface area contributed by atoms with Crippen molar-refractivity contribution < 1.29 is 9.90 Å². The molecule has 5 rings (SSSR count). The Balaban J connectivity index is 1.44. The summed E-state index contributed by atoms with van der Waals surface area (Å²) in [6, 6.07) is 0. The number of rotatable bonds is 2. The van der Waals surface area contributed by atoms with Crippen LogP contribution in [-0.2, 0) is 4.79 Å². The molecule has 0 spiro atoms. The molecule has 1 N–H and O–H groups in total. The SMILES string of the molecule is O=C(O)C1CCC(C2C3CC4CC(C3)CC2C4)CC1. The lowest BCUT2D eigenvalue weighted by Crippen LogP contribution is -2.48. The third kappa shape index (κ3) is 2.02. The first-order valence-corrected chi connectivity index (χ1v) is 8.43. The zero-order valence-corrected chi connectivity index (χ0v) is 11.8. The van der Waals surface area contributed by atoms with Crippen molar-refractivity contribution in [2.75, 3.05) is 0 Å². The van der Waals surface area contributed by atoms with E-state index in [1.165, 1.54) is 44.9 Å². The van der Waals surface area contributed by atoms with Crippen molar-refractivity contribution in [3.8, 4) is 0 Å². The van der Waals surface area contributed by atoms with Crippen molar-refractivity contribution in [2.24, 2.45) is 41.4 Å². The third-order valence-corrected chi connectivity index (χ3v) is 6.97. The summed E-state index contributed by atoms with van der Waals surface area (Å²) in [6.07, 6.45) is 11.9. The van der Waals surface area contributed by atoms with Crippen molar-refractivity contribution in [1.29, 1.82) is 0 Å². The van der Waals surface area contributed by atoms with E-state index in [0.717, 1.165) is 48.3 Å². The highest BCUT2D eigenvalue weighted by Gasteiger charge is 2.50. The van der Waals surface area contributed by atoms with Crippen LogP contribution in [0.3, 0.4) is 0 Å². The van der Waals surface area contributed by atoms with E-state index < -0.39 is 5.97 Å². The Morgan fingerprint density at radius 2 is 1.26 bits per heavy atom. The molecule has 5 aliphatic rings. The van der Waals surface area contributed by atoms with Crippen molar-refractivity contribution >= 4 is 5.97 Å². The topological polar surface area (TPSA) is 37.3 Å². The molecule has 0 amide bonds. The lowest BCUT2D eigenvalue weighted by molar-refractivity contribution is -0.144. The van der Waals surface area contributed by atoms with Gasteiger partial charge in [-0.25, -0.2) is 0 Å². The number of carboxylic acid groups (broad SMARTS) is 1. The normalized spacial score (nSPS) is 52.3. The Morgan fingerprint density at radius 1 is 0.737 bits per heavy atom. The summed E-state index contributed by atoms with van der Waals surface area (Å²) in [5.74, 6) is 5.42. The molecule has 0 aromatic carbocycles. The first-order valence-electron chi connectivity index (χ1n) is 8.43. The van der Waals surface area contributed by atoms with Crippen molar-refractivity contribution in [3.05, 3.63) is 0 Å². The van der Waals surface area contributed by atoms with Gasteiger partial charge in [0.05, 0.1) is 5.92 Å². The standard InChI is InChI=1S/C17H26O2/c18-17(19)13-3-1-12(2-4-13)16-14-6-10-5-11(8-14)9-15(16)7-10/h10-16H,1-9H2,(H,18,19). The molecular formula is C17H26O2. The fourth-order valence-corrected chi connectivity index (χ4v) is 6.49. The lowest BCUT2D eigenvalue weighted by atomic mass is 9.48. The summed E-state index contributed by atoms with van der Waals surface area (Å²) >= 11 is 0. The van der Waals surface area contributed by atoms with Gasteiger partial charge in [0.1, 0.15) is 0 Å².